The van der Waals surface area contributed by atoms with Gasteiger partial charge in [0.1, 0.15) is 0 Å². The molecule has 16 heavy (non-hydrogen) atoms. The fourth-order valence-electron chi connectivity index (χ4n) is 1.62. The summed E-state index contributed by atoms with van der Waals surface area (Å²) in [6, 6.07) is 15.4. The first-order valence-electron chi connectivity index (χ1n) is 4.90. The lowest BCUT2D eigenvalue weighted by Gasteiger charge is -2.04. The summed E-state index contributed by atoms with van der Waals surface area (Å²) in [5.41, 5.74) is 2.96. The zero-order chi connectivity index (χ0) is 11.5. The minimum Gasteiger partial charge on any atom is -0.258 e. The van der Waals surface area contributed by atoms with E-state index in [4.69, 9.17) is 0 Å². The van der Waals surface area contributed by atoms with Crippen molar-refractivity contribution >= 4 is 5.69 Å². The van der Waals surface area contributed by atoms with Gasteiger partial charge in [-0.05, 0) is 29.7 Å². The van der Waals surface area contributed by atoms with E-state index in [0.717, 1.165) is 16.7 Å². The van der Waals surface area contributed by atoms with Gasteiger partial charge < -0.3 is 0 Å². The second-order valence-corrected chi connectivity index (χ2v) is 3.53. The first-order valence-corrected chi connectivity index (χ1v) is 4.90. The molecule has 3 nitrogen and oxygen atoms in total. The molecule has 2 aromatic carbocycles. The van der Waals surface area contributed by atoms with E-state index >= 15 is 0 Å². The highest BCUT2D eigenvalue weighted by molar-refractivity contribution is 5.68. The molecule has 0 saturated carbocycles. The van der Waals surface area contributed by atoms with Crippen LogP contribution >= 0.6 is 0 Å². The molecule has 0 atom stereocenters. The minimum absolute atomic E-state index is 0.000697. The monoisotopic (exact) mass is 212 g/mol. The molecule has 0 amide bonds. The topological polar surface area (TPSA) is 43.1 Å². The maximum Gasteiger partial charge on any atom is 0.278 e. The van der Waals surface area contributed by atoms with Crippen molar-refractivity contribution in [3.8, 4) is 11.1 Å². The Kier molecular flexibility index (Phi) is 2.68. The molecular formula is C13H10NO2. The minimum atomic E-state index is -0.429. The highest BCUT2D eigenvalue weighted by Gasteiger charge is 2.08. The van der Waals surface area contributed by atoms with Gasteiger partial charge >= 0.3 is 0 Å². The number of nitrogens with zero attached hydrogens (tertiary/aromatic N) is 1. The number of benzene rings is 2. The van der Waals surface area contributed by atoms with Crippen LogP contribution in [0.25, 0.3) is 11.1 Å². The van der Waals surface area contributed by atoms with Gasteiger partial charge in [0, 0.05) is 6.07 Å². The summed E-state index contributed by atoms with van der Waals surface area (Å²) >= 11 is 0. The molecular weight excluding hydrogens is 202 g/mol. The Morgan fingerprint density at radius 3 is 2.69 bits per heavy atom. The average molecular weight is 212 g/mol. The van der Waals surface area contributed by atoms with Crippen molar-refractivity contribution in [1.29, 1.82) is 0 Å². The lowest BCUT2D eigenvalue weighted by molar-refractivity contribution is -0.385. The molecule has 0 aromatic heterocycles. The van der Waals surface area contributed by atoms with E-state index in [-0.39, 0.29) is 5.69 Å². The fraction of sp³-hybridized carbons (Fsp3) is 0.0769. The SMILES string of the molecule is Cc1ccccc1-c1cc[c]c([N+](=O)[O-])c1. The molecule has 0 aliphatic rings. The molecule has 0 spiro atoms. The molecule has 2 aromatic rings. The van der Waals surface area contributed by atoms with Gasteiger partial charge in [0.05, 0.1) is 11.0 Å². The van der Waals surface area contributed by atoms with Crippen LogP contribution < -0.4 is 0 Å². The van der Waals surface area contributed by atoms with Gasteiger partial charge in [0.15, 0.2) is 0 Å². The molecule has 0 aliphatic heterocycles. The molecule has 0 N–H and O–H groups in total. The Balaban J connectivity index is 2.53. The summed E-state index contributed by atoms with van der Waals surface area (Å²) in [6.45, 7) is 1.98. The summed E-state index contributed by atoms with van der Waals surface area (Å²) < 4.78 is 0. The van der Waals surface area contributed by atoms with Crippen LogP contribution in [-0.4, -0.2) is 4.92 Å². The maximum absolute atomic E-state index is 10.6. The first kappa shape index (κ1) is 10.4. The number of nitro benzene ring substituents is 1. The Labute approximate surface area is 93.5 Å². The normalized spacial score (nSPS) is 10.1. The molecule has 0 unspecified atom stereocenters. The number of hydrogen-bond acceptors (Lipinski definition) is 2. The van der Waals surface area contributed by atoms with Gasteiger partial charge in [-0.1, -0.05) is 30.3 Å². The van der Waals surface area contributed by atoms with Crippen LogP contribution in [0, 0.1) is 23.1 Å². The van der Waals surface area contributed by atoms with Crippen LogP contribution in [0.1, 0.15) is 5.56 Å². The molecule has 0 aliphatic carbocycles. The number of rotatable bonds is 2. The van der Waals surface area contributed by atoms with Crippen molar-refractivity contribution in [2.24, 2.45) is 0 Å². The van der Waals surface area contributed by atoms with E-state index in [2.05, 4.69) is 6.07 Å². The van der Waals surface area contributed by atoms with Crippen LogP contribution in [0.5, 0.6) is 0 Å². The van der Waals surface area contributed by atoms with E-state index in [1.54, 1.807) is 12.1 Å². The Morgan fingerprint density at radius 1 is 1.25 bits per heavy atom. The summed E-state index contributed by atoms with van der Waals surface area (Å²) in [4.78, 5) is 10.2. The third-order valence-electron chi connectivity index (χ3n) is 2.44. The summed E-state index contributed by atoms with van der Waals surface area (Å²) in [7, 11) is 0. The Morgan fingerprint density at radius 2 is 2.00 bits per heavy atom. The predicted octanol–water partition coefficient (Wildman–Crippen LogP) is 3.37. The molecule has 1 radical (unpaired) electrons. The number of aryl methyl sites for hydroxylation is 1. The molecule has 79 valence electrons. The Hall–Kier alpha value is -2.16. The van der Waals surface area contributed by atoms with Crippen molar-refractivity contribution < 1.29 is 4.92 Å². The Bertz CT molecular complexity index is 535. The van der Waals surface area contributed by atoms with Crippen molar-refractivity contribution in [1.82, 2.24) is 0 Å². The van der Waals surface area contributed by atoms with Gasteiger partial charge in [-0.2, -0.15) is 0 Å². The predicted molar refractivity (Wildman–Crippen MR) is 62.1 cm³/mol. The summed E-state index contributed by atoms with van der Waals surface area (Å²) in [5.74, 6) is 0. The van der Waals surface area contributed by atoms with E-state index < -0.39 is 4.92 Å². The largest absolute Gasteiger partial charge is 0.278 e. The van der Waals surface area contributed by atoms with Crippen molar-refractivity contribution in [3.63, 3.8) is 0 Å². The lowest BCUT2D eigenvalue weighted by Crippen LogP contribution is -1.89. The standard InChI is InChI=1S/C13H10NO2/c1-10-5-2-3-8-13(10)11-6-4-7-12(9-11)14(15)16/h2-6,8-9H,1H3. The van der Waals surface area contributed by atoms with Crippen molar-refractivity contribution in [2.45, 2.75) is 6.92 Å². The van der Waals surface area contributed by atoms with Gasteiger partial charge in [0.25, 0.3) is 5.69 Å². The average Bonchev–Trinajstić information content (AvgIpc) is 2.30. The van der Waals surface area contributed by atoms with E-state index in [1.165, 1.54) is 0 Å². The molecule has 0 bridgehead atoms. The van der Waals surface area contributed by atoms with Gasteiger partial charge in [0.2, 0.25) is 0 Å². The van der Waals surface area contributed by atoms with Crippen LogP contribution in [-0.2, 0) is 0 Å². The zero-order valence-corrected chi connectivity index (χ0v) is 8.81. The van der Waals surface area contributed by atoms with Crippen LogP contribution in [0.4, 0.5) is 5.69 Å². The van der Waals surface area contributed by atoms with Crippen molar-refractivity contribution in [2.75, 3.05) is 0 Å². The molecule has 0 heterocycles. The zero-order valence-electron chi connectivity index (χ0n) is 8.81. The third-order valence-corrected chi connectivity index (χ3v) is 2.44. The van der Waals surface area contributed by atoms with E-state index in [0.29, 0.717) is 0 Å². The van der Waals surface area contributed by atoms with Gasteiger partial charge in [-0.3, -0.25) is 10.1 Å². The van der Waals surface area contributed by atoms with Gasteiger partial charge in [-0.25, -0.2) is 0 Å². The summed E-state index contributed by atoms with van der Waals surface area (Å²) in [6.07, 6.45) is 0. The fourth-order valence-corrected chi connectivity index (χ4v) is 1.62. The van der Waals surface area contributed by atoms with E-state index in [1.807, 2.05) is 37.3 Å². The van der Waals surface area contributed by atoms with E-state index in [9.17, 15) is 10.1 Å². The molecule has 0 fully saturated rings. The smallest absolute Gasteiger partial charge is 0.258 e. The number of hydrogen-bond donors (Lipinski definition) is 0. The second-order valence-electron chi connectivity index (χ2n) is 3.53. The second kappa shape index (κ2) is 4.14. The highest BCUT2D eigenvalue weighted by Crippen LogP contribution is 2.25. The van der Waals surface area contributed by atoms with Crippen LogP contribution in [0.15, 0.2) is 42.5 Å². The van der Waals surface area contributed by atoms with Gasteiger partial charge in [-0.15, -0.1) is 0 Å². The quantitative estimate of drug-likeness (QED) is 0.565. The van der Waals surface area contributed by atoms with Crippen molar-refractivity contribution in [3.05, 3.63) is 64.2 Å². The first-order chi connectivity index (χ1) is 7.68. The van der Waals surface area contributed by atoms with Crippen LogP contribution in [0.2, 0.25) is 0 Å². The van der Waals surface area contributed by atoms with Crippen LogP contribution in [0.3, 0.4) is 0 Å². The third kappa shape index (κ3) is 1.93. The number of nitro groups is 1. The molecule has 0 saturated heterocycles. The maximum atomic E-state index is 10.6. The lowest BCUT2D eigenvalue weighted by atomic mass is 10.0. The molecule has 2 rings (SSSR count). The highest BCUT2D eigenvalue weighted by atomic mass is 16.6. The molecule has 3 heteroatoms. The summed E-state index contributed by atoms with van der Waals surface area (Å²) in [5, 5.41) is 10.6. The number of non-ortho nitro benzene ring substituents is 1.